The molecule has 0 bridgehead atoms. The third-order valence-electron chi connectivity index (χ3n) is 6.03. The van der Waals surface area contributed by atoms with E-state index in [1.54, 1.807) is 18.3 Å². The van der Waals surface area contributed by atoms with E-state index in [2.05, 4.69) is 15.6 Å². The fraction of sp³-hybridized carbons (Fsp3) is 0.200. The molecule has 0 saturated carbocycles. The molecule has 2 N–H and O–H groups in total. The molecule has 9 nitrogen and oxygen atoms in total. The maximum absolute atomic E-state index is 12.9. The van der Waals surface area contributed by atoms with E-state index in [9.17, 15) is 24.0 Å². The van der Waals surface area contributed by atoms with Crippen LogP contribution in [-0.4, -0.2) is 45.5 Å². The molecule has 2 aliphatic heterocycles. The van der Waals surface area contributed by atoms with Crippen LogP contribution in [0.4, 0.5) is 0 Å². The van der Waals surface area contributed by atoms with Crippen molar-refractivity contribution >= 4 is 40.4 Å². The highest BCUT2D eigenvalue weighted by atomic mass is 16.2. The van der Waals surface area contributed by atoms with Gasteiger partial charge >= 0.3 is 0 Å². The Balaban J connectivity index is 1.25. The lowest BCUT2D eigenvalue weighted by Gasteiger charge is -2.27. The summed E-state index contributed by atoms with van der Waals surface area (Å²) in [5.74, 6) is -2.39. The van der Waals surface area contributed by atoms with Crippen molar-refractivity contribution in [2.24, 2.45) is 0 Å². The van der Waals surface area contributed by atoms with Crippen LogP contribution in [0.2, 0.25) is 0 Å². The quantitative estimate of drug-likeness (QED) is 0.561. The van der Waals surface area contributed by atoms with Gasteiger partial charge in [0.2, 0.25) is 17.7 Å². The van der Waals surface area contributed by atoms with E-state index >= 15 is 0 Å². The summed E-state index contributed by atoms with van der Waals surface area (Å²) in [5, 5.41) is 5.96. The monoisotopic (exact) mass is 456 g/mol. The highest BCUT2D eigenvalue weighted by Crippen LogP contribution is 2.28. The number of fused-ring (bicyclic) bond motifs is 2. The molecule has 1 fully saturated rings. The molecule has 5 amide bonds. The lowest BCUT2D eigenvalue weighted by Crippen LogP contribution is -2.54. The number of carbonyl (C=O) groups is 5. The summed E-state index contributed by atoms with van der Waals surface area (Å²) in [4.78, 5) is 66.9. The van der Waals surface area contributed by atoms with E-state index < -0.39 is 29.7 Å². The van der Waals surface area contributed by atoms with Crippen LogP contribution >= 0.6 is 0 Å². The fourth-order valence-corrected chi connectivity index (χ4v) is 4.31. The van der Waals surface area contributed by atoms with Gasteiger partial charge in [-0.25, -0.2) is 0 Å². The van der Waals surface area contributed by atoms with E-state index in [1.807, 2.05) is 30.3 Å². The first kappa shape index (κ1) is 21.4. The Kier molecular flexibility index (Phi) is 5.37. The molecule has 5 rings (SSSR count). The molecule has 0 spiro atoms. The molecule has 3 heterocycles. The van der Waals surface area contributed by atoms with Crippen LogP contribution in [0.1, 0.15) is 44.7 Å². The van der Waals surface area contributed by atoms with Gasteiger partial charge < -0.3 is 5.32 Å². The van der Waals surface area contributed by atoms with E-state index in [4.69, 9.17) is 0 Å². The van der Waals surface area contributed by atoms with Gasteiger partial charge in [-0.15, -0.1) is 0 Å². The van der Waals surface area contributed by atoms with Gasteiger partial charge in [-0.3, -0.25) is 39.2 Å². The second-order valence-electron chi connectivity index (χ2n) is 8.31. The van der Waals surface area contributed by atoms with Crippen molar-refractivity contribution in [3.63, 3.8) is 0 Å². The van der Waals surface area contributed by atoms with Gasteiger partial charge in [0.25, 0.3) is 11.8 Å². The molecule has 0 aliphatic carbocycles. The average molecular weight is 456 g/mol. The van der Waals surface area contributed by atoms with Crippen molar-refractivity contribution < 1.29 is 24.0 Å². The maximum Gasteiger partial charge on any atom is 0.262 e. The molecule has 34 heavy (non-hydrogen) atoms. The molecule has 0 radical (unpaired) electrons. The Bertz CT molecular complexity index is 1380. The number of piperidine rings is 1. The number of rotatable bonds is 5. The largest absolute Gasteiger partial charge is 0.352 e. The minimum absolute atomic E-state index is 0.0643. The molecular weight excluding hydrogens is 436 g/mol. The molecule has 3 aromatic rings. The van der Waals surface area contributed by atoms with E-state index in [0.29, 0.717) is 5.56 Å². The van der Waals surface area contributed by atoms with Crippen molar-refractivity contribution in [3.05, 3.63) is 77.0 Å². The molecule has 2 aromatic carbocycles. The van der Waals surface area contributed by atoms with Crippen LogP contribution in [0.15, 0.2) is 54.7 Å². The van der Waals surface area contributed by atoms with Crippen molar-refractivity contribution in [1.29, 1.82) is 0 Å². The summed E-state index contributed by atoms with van der Waals surface area (Å²) in [6, 6.07) is 13.2. The Morgan fingerprint density at radius 3 is 2.62 bits per heavy atom. The summed E-state index contributed by atoms with van der Waals surface area (Å²) in [6.07, 6.45) is 2.07. The topological polar surface area (TPSA) is 126 Å². The van der Waals surface area contributed by atoms with Crippen LogP contribution in [-0.2, 0) is 27.3 Å². The fourth-order valence-electron chi connectivity index (χ4n) is 4.31. The maximum atomic E-state index is 12.9. The number of imide groups is 2. The van der Waals surface area contributed by atoms with Gasteiger partial charge in [-0.2, -0.15) is 0 Å². The SMILES string of the molecule is O=C(Cc1ccc2ncccc2c1)NCc1ccc2c(c1)C(=O)N(C1CCC(=O)NC1=O)C2=O. The predicted octanol–water partition coefficient (Wildman–Crippen LogP) is 1.49. The second-order valence-corrected chi connectivity index (χ2v) is 8.31. The zero-order chi connectivity index (χ0) is 23.8. The number of pyridine rings is 1. The molecule has 2 aliphatic rings. The molecular formula is C25H20N4O5. The summed E-state index contributed by atoms with van der Waals surface area (Å²) in [5.41, 5.74) is 2.75. The third-order valence-corrected chi connectivity index (χ3v) is 6.03. The number of benzene rings is 2. The first-order valence-corrected chi connectivity index (χ1v) is 10.9. The van der Waals surface area contributed by atoms with Gasteiger partial charge in [-0.05, 0) is 47.9 Å². The highest BCUT2D eigenvalue weighted by molar-refractivity contribution is 6.23. The summed E-state index contributed by atoms with van der Waals surface area (Å²) in [7, 11) is 0. The average Bonchev–Trinajstić information content (AvgIpc) is 3.07. The standard InChI is InChI=1S/C25H20N4O5/c30-21-8-7-20(23(32)28-21)29-24(33)17-5-3-15(11-18(17)25(29)34)13-27-22(31)12-14-4-6-19-16(10-14)2-1-9-26-19/h1-6,9-11,20H,7-8,12-13H2,(H,27,31)(H,28,30,32). The number of nitrogens with zero attached hydrogens (tertiary/aromatic N) is 2. The van der Waals surface area contributed by atoms with Gasteiger partial charge in [0.15, 0.2) is 0 Å². The lowest BCUT2D eigenvalue weighted by atomic mass is 10.0. The van der Waals surface area contributed by atoms with Gasteiger partial charge in [0, 0.05) is 24.5 Å². The normalized spacial score (nSPS) is 17.6. The molecule has 1 atom stereocenters. The summed E-state index contributed by atoms with van der Waals surface area (Å²) in [6.45, 7) is 0.182. The van der Waals surface area contributed by atoms with Crippen LogP contribution in [0.3, 0.4) is 0 Å². The van der Waals surface area contributed by atoms with Crippen LogP contribution < -0.4 is 10.6 Å². The minimum atomic E-state index is -1.01. The Morgan fingerprint density at radius 2 is 1.79 bits per heavy atom. The van der Waals surface area contributed by atoms with Crippen LogP contribution in [0.5, 0.6) is 0 Å². The first-order valence-electron chi connectivity index (χ1n) is 10.9. The third kappa shape index (κ3) is 3.92. The van der Waals surface area contributed by atoms with Crippen molar-refractivity contribution in [3.8, 4) is 0 Å². The predicted molar refractivity (Wildman–Crippen MR) is 120 cm³/mol. The van der Waals surface area contributed by atoms with Crippen LogP contribution in [0, 0.1) is 0 Å². The number of amides is 5. The number of aromatic nitrogens is 1. The van der Waals surface area contributed by atoms with E-state index in [0.717, 1.165) is 21.4 Å². The Hall–Kier alpha value is -4.40. The van der Waals surface area contributed by atoms with Crippen LogP contribution in [0.25, 0.3) is 10.9 Å². The molecule has 170 valence electrons. The molecule has 1 unspecified atom stereocenters. The molecule has 1 aromatic heterocycles. The van der Waals surface area contributed by atoms with Crippen molar-refractivity contribution in [2.45, 2.75) is 31.8 Å². The van der Waals surface area contributed by atoms with Gasteiger partial charge in [0.1, 0.15) is 6.04 Å². The molecule has 1 saturated heterocycles. The second kappa shape index (κ2) is 8.51. The Morgan fingerprint density at radius 1 is 1.00 bits per heavy atom. The first-order chi connectivity index (χ1) is 16.4. The summed E-state index contributed by atoms with van der Waals surface area (Å²) < 4.78 is 0. The van der Waals surface area contributed by atoms with E-state index in [1.165, 1.54) is 6.07 Å². The number of nitrogens with one attached hydrogen (secondary N) is 2. The number of hydrogen-bond donors (Lipinski definition) is 2. The van der Waals surface area contributed by atoms with Crippen molar-refractivity contribution in [1.82, 2.24) is 20.5 Å². The lowest BCUT2D eigenvalue weighted by molar-refractivity contribution is -0.136. The van der Waals surface area contributed by atoms with Gasteiger partial charge in [-0.1, -0.05) is 18.2 Å². The summed E-state index contributed by atoms with van der Waals surface area (Å²) >= 11 is 0. The minimum Gasteiger partial charge on any atom is -0.352 e. The van der Waals surface area contributed by atoms with E-state index in [-0.39, 0.29) is 42.8 Å². The van der Waals surface area contributed by atoms with Crippen molar-refractivity contribution in [2.75, 3.05) is 0 Å². The van der Waals surface area contributed by atoms with Gasteiger partial charge in [0.05, 0.1) is 23.1 Å². The number of hydrogen-bond acceptors (Lipinski definition) is 6. The zero-order valence-electron chi connectivity index (χ0n) is 18.0. The highest BCUT2D eigenvalue weighted by Gasteiger charge is 2.44. The zero-order valence-corrected chi connectivity index (χ0v) is 18.0. The molecule has 9 heteroatoms. The number of carbonyl (C=O) groups excluding carboxylic acids is 5. The Labute approximate surface area is 194 Å². The smallest absolute Gasteiger partial charge is 0.262 e.